The molecule has 2 nitrogen and oxygen atoms in total. The number of pyridine rings is 1. The zero-order chi connectivity index (χ0) is 35.2. The van der Waals surface area contributed by atoms with Crippen LogP contribution in [0.1, 0.15) is 59.7 Å². The highest BCUT2D eigenvalue weighted by atomic mass is 14.8. The van der Waals surface area contributed by atoms with Gasteiger partial charge in [0.05, 0.1) is 11.1 Å². The first-order valence-electron chi connectivity index (χ1n) is 18.0. The fourth-order valence-corrected chi connectivity index (χ4v) is 8.41. The molecule has 0 amide bonds. The van der Waals surface area contributed by atoms with Gasteiger partial charge in [0, 0.05) is 29.2 Å². The number of aromatic nitrogens is 1. The van der Waals surface area contributed by atoms with Crippen LogP contribution in [-0.4, -0.2) is 10.7 Å². The number of hydrogen-bond acceptors (Lipinski definition) is 2. The van der Waals surface area contributed by atoms with Crippen molar-refractivity contribution < 1.29 is 0 Å². The summed E-state index contributed by atoms with van der Waals surface area (Å²) in [5, 5.41) is 0. The highest BCUT2D eigenvalue weighted by Gasteiger charge is 2.51. The molecule has 0 radical (unpaired) electrons. The minimum Gasteiger partial charge on any atom is -0.264 e. The van der Waals surface area contributed by atoms with E-state index >= 15 is 0 Å². The van der Waals surface area contributed by atoms with Crippen LogP contribution in [0.2, 0.25) is 0 Å². The Morgan fingerprint density at radius 1 is 0.500 bits per heavy atom. The molecule has 2 aliphatic rings. The molecule has 0 saturated carbocycles. The Morgan fingerprint density at radius 2 is 1.08 bits per heavy atom. The van der Waals surface area contributed by atoms with E-state index in [4.69, 9.17) is 4.99 Å². The molecule has 0 fully saturated rings. The topological polar surface area (TPSA) is 25.2 Å². The van der Waals surface area contributed by atoms with Crippen molar-refractivity contribution in [2.75, 3.05) is 0 Å². The molecule has 1 heterocycles. The Kier molecular flexibility index (Phi) is 7.74. The van der Waals surface area contributed by atoms with E-state index < -0.39 is 5.41 Å². The largest absolute Gasteiger partial charge is 0.264 e. The van der Waals surface area contributed by atoms with E-state index in [-0.39, 0.29) is 0 Å². The summed E-state index contributed by atoms with van der Waals surface area (Å²) in [4.78, 5) is 9.89. The number of allylic oxidation sites excluding steroid dienone is 3. The van der Waals surface area contributed by atoms with Gasteiger partial charge in [0.2, 0.25) is 0 Å². The Balaban J connectivity index is 1.24. The highest BCUT2D eigenvalue weighted by Crippen LogP contribution is 2.62. The molecule has 0 unspecified atom stereocenters. The second-order valence-electron chi connectivity index (χ2n) is 14.0. The molecule has 52 heavy (non-hydrogen) atoms. The average Bonchev–Trinajstić information content (AvgIpc) is 3.67. The molecule has 0 atom stereocenters. The van der Waals surface area contributed by atoms with Crippen molar-refractivity contribution in [3.63, 3.8) is 0 Å². The summed E-state index contributed by atoms with van der Waals surface area (Å²) in [6.07, 6.45) is 5.99. The average molecular weight is 667 g/mol. The lowest BCUT2D eigenvalue weighted by atomic mass is 9.70. The number of rotatable bonds is 6. The summed E-state index contributed by atoms with van der Waals surface area (Å²) in [6.45, 7) is 6.50. The van der Waals surface area contributed by atoms with Gasteiger partial charge in [-0.15, -0.1) is 0 Å². The van der Waals surface area contributed by atoms with Crippen LogP contribution in [0, 0.1) is 0 Å². The molecule has 1 aromatic heterocycles. The molecule has 248 valence electrons. The van der Waals surface area contributed by atoms with Gasteiger partial charge in [-0.05, 0) is 112 Å². The SMILES string of the molecule is CC(=N/C(=C\C(=C(C)C)c1ccccc1)c1cccc(-c2cccnc2)c1)c1ccc2c(c1)C1(c3ccccc3-c3ccccc31)c1ccccc1-2. The van der Waals surface area contributed by atoms with Gasteiger partial charge in [-0.2, -0.15) is 0 Å². The number of benzene rings is 6. The van der Waals surface area contributed by atoms with Crippen molar-refractivity contribution in [2.24, 2.45) is 4.99 Å². The lowest BCUT2D eigenvalue weighted by molar-refractivity contribution is 0.793. The molecule has 0 N–H and O–H groups in total. The third-order valence-corrected chi connectivity index (χ3v) is 10.8. The van der Waals surface area contributed by atoms with Gasteiger partial charge in [0.1, 0.15) is 0 Å². The fraction of sp³-hybridized carbons (Fsp3) is 0.0800. The van der Waals surface area contributed by atoms with Gasteiger partial charge in [-0.1, -0.05) is 145 Å². The molecule has 2 heteroatoms. The van der Waals surface area contributed by atoms with Crippen LogP contribution in [0.25, 0.3) is 44.7 Å². The first kappa shape index (κ1) is 31.6. The van der Waals surface area contributed by atoms with E-state index in [1.165, 1.54) is 61.2 Å². The minimum absolute atomic E-state index is 0.394. The molecular weight excluding hydrogens is 629 g/mol. The quantitative estimate of drug-likeness (QED) is 0.128. The van der Waals surface area contributed by atoms with Crippen LogP contribution in [-0.2, 0) is 5.41 Å². The van der Waals surface area contributed by atoms with E-state index in [1.54, 1.807) is 0 Å². The predicted molar refractivity (Wildman–Crippen MR) is 217 cm³/mol. The summed E-state index contributed by atoms with van der Waals surface area (Å²) >= 11 is 0. The molecule has 1 spiro atoms. The van der Waals surface area contributed by atoms with Crippen molar-refractivity contribution >= 4 is 17.0 Å². The van der Waals surface area contributed by atoms with Crippen LogP contribution in [0.3, 0.4) is 0 Å². The number of nitrogens with zero attached hydrogens (tertiary/aromatic N) is 2. The van der Waals surface area contributed by atoms with Gasteiger partial charge in [0.15, 0.2) is 0 Å². The van der Waals surface area contributed by atoms with Gasteiger partial charge in [-0.25, -0.2) is 0 Å². The van der Waals surface area contributed by atoms with Gasteiger partial charge < -0.3 is 0 Å². The van der Waals surface area contributed by atoms with Crippen molar-refractivity contribution in [1.29, 1.82) is 0 Å². The van der Waals surface area contributed by atoms with E-state index in [0.717, 1.165) is 33.7 Å². The molecule has 0 bridgehead atoms. The molecular formula is C50H38N2. The molecule has 7 aromatic rings. The standard InChI is InChI=1S/C50H38N2/c1-33(2)44(35-15-5-4-6-16-35)31-49(38-18-13-17-37(29-38)39-19-14-28-51-32-39)52-34(3)36-26-27-43-42-22-9-12-25-47(42)50(48(43)30-36)45-23-10-7-20-40(45)41-21-8-11-24-46(41)50/h4-32H,1-3H3/b49-31-,52-34?. The summed E-state index contributed by atoms with van der Waals surface area (Å²) in [5.41, 5.74) is 20.0. The molecule has 0 saturated heterocycles. The highest BCUT2D eigenvalue weighted by molar-refractivity contribution is 6.05. The lowest BCUT2D eigenvalue weighted by Crippen LogP contribution is -2.26. The van der Waals surface area contributed by atoms with Crippen LogP contribution in [0.15, 0.2) is 187 Å². The predicted octanol–water partition coefficient (Wildman–Crippen LogP) is 12.4. The second kappa shape index (κ2) is 12.7. The summed E-state index contributed by atoms with van der Waals surface area (Å²) in [5.74, 6) is 0. The fourth-order valence-electron chi connectivity index (χ4n) is 8.41. The smallest absolute Gasteiger partial charge is 0.0725 e. The van der Waals surface area contributed by atoms with Crippen molar-refractivity contribution in [2.45, 2.75) is 26.2 Å². The summed E-state index contributed by atoms with van der Waals surface area (Å²) < 4.78 is 0. The van der Waals surface area contributed by atoms with Crippen molar-refractivity contribution in [3.8, 4) is 33.4 Å². The molecule has 0 aliphatic heterocycles. The lowest BCUT2D eigenvalue weighted by Gasteiger charge is -2.30. The van der Waals surface area contributed by atoms with E-state index in [9.17, 15) is 0 Å². The van der Waals surface area contributed by atoms with Crippen LogP contribution in [0.5, 0.6) is 0 Å². The molecule has 2 aliphatic carbocycles. The van der Waals surface area contributed by atoms with Crippen LogP contribution in [0.4, 0.5) is 0 Å². The Morgan fingerprint density at radius 3 is 1.69 bits per heavy atom. The van der Waals surface area contributed by atoms with E-state index in [0.29, 0.717) is 0 Å². The number of hydrogen-bond donors (Lipinski definition) is 0. The second-order valence-corrected chi connectivity index (χ2v) is 14.0. The maximum absolute atomic E-state index is 5.51. The van der Waals surface area contributed by atoms with Crippen LogP contribution < -0.4 is 0 Å². The third kappa shape index (κ3) is 5.02. The first-order chi connectivity index (χ1) is 25.5. The molecule has 6 aromatic carbocycles. The zero-order valence-electron chi connectivity index (χ0n) is 29.6. The molecule has 9 rings (SSSR count). The minimum atomic E-state index is -0.394. The first-order valence-corrected chi connectivity index (χ1v) is 18.0. The maximum Gasteiger partial charge on any atom is 0.0725 e. The van der Waals surface area contributed by atoms with Gasteiger partial charge >= 0.3 is 0 Å². The normalized spacial score (nSPS) is 13.7. The van der Waals surface area contributed by atoms with Gasteiger partial charge in [-0.3, -0.25) is 9.98 Å². The zero-order valence-corrected chi connectivity index (χ0v) is 29.6. The Bertz CT molecular complexity index is 2520. The van der Waals surface area contributed by atoms with E-state index in [1.807, 2.05) is 18.5 Å². The third-order valence-electron chi connectivity index (χ3n) is 10.8. The monoisotopic (exact) mass is 666 g/mol. The maximum atomic E-state index is 5.51. The Labute approximate surface area is 306 Å². The number of fused-ring (bicyclic) bond motifs is 10. The van der Waals surface area contributed by atoms with Gasteiger partial charge in [0.25, 0.3) is 0 Å². The Hall–Kier alpha value is -6.38. The summed E-state index contributed by atoms with van der Waals surface area (Å²) in [6, 6.07) is 57.2. The summed E-state index contributed by atoms with van der Waals surface area (Å²) in [7, 11) is 0. The van der Waals surface area contributed by atoms with Crippen molar-refractivity contribution in [1.82, 2.24) is 4.98 Å². The van der Waals surface area contributed by atoms with Crippen LogP contribution >= 0.6 is 0 Å². The number of aliphatic imine (C=N–C) groups is 1. The van der Waals surface area contributed by atoms with Crippen molar-refractivity contribution in [3.05, 3.63) is 221 Å². The van der Waals surface area contributed by atoms with E-state index in [2.05, 4.69) is 183 Å².